The van der Waals surface area contributed by atoms with Gasteiger partial charge >= 0.3 is 0 Å². The van der Waals surface area contributed by atoms with Crippen molar-refractivity contribution in [2.75, 3.05) is 31.6 Å². The molecule has 1 unspecified atom stereocenters. The third-order valence-corrected chi connectivity index (χ3v) is 3.87. The van der Waals surface area contributed by atoms with Crippen LogP contribution >= 0.6 is 0 Å². The van der Waals surface area contributed by atoms with Crippen molar-refractivity contribution in [1.29, 1.82) is 0 Å². The average molecular weight is 263 g/mol. The van der Waals surface area contributed by atoms with Crippen molar-refractivity contribution >= 4 is 11.4 Å². The van der Waals surface area contributed by atoms with Crippen molar-refractivity contribution in [3.8, 4) is 0 Å². The van der Waals surface area contributed by atoms with E-state index in [9.17, 15) is 10.1 Å². The van der Waals surface area contributed by atoms with Crippen molar-refractivity contribution in [1.82, 2.24) is 4.90 Å². The Balaban J connectivity index is 2.26. The summed E-state index contributed by atoms with van der Waals surface area (Å²) in [7, 11) is 2.14. The first-order valence-electron chi connectivity index (χ1n) is 6.73. The van der Waals surface area contributed by atoms with Crippen LogP contribution in [0.1, 0.15) is 18.9 Å². The maximum absolute atomic E-state index is 10.9. The summed E-state index contributed by atoms with van der Waals surface area (Å²) in [6.45, 7) is 7.05. The highest BCUT2D eigenvalue weighted by molar-refractivity contribution is 5.56. The number of likely N-dealkylation sites (N-methyl/N-ethyl adjacent to an activating group) is 1. The predicted octanol–water partition coefficient (Wildman–Crippen LogP) is 2.43. The van der Waals surface area contributed by atoms with Gasteiger partial charge in [-0.15, -0.1) is 0 Å². The highest BCUT2D eigenvalue weighted by Crippen LogP contribution is 2.27. The zero-order chi connectivity index (χ0) is 14.0. The Morgan fingerprint density at radius 1 is 1.42 bits per heavy atom. The van der Waals surface area contributed by atoms with E-state index >= 15 is 0 Å². The molecule has 0 amide bonds. The number of nitrogens with zero attached hydrogens (tertiary/aromatic N) is 3. The summed E-state index contributed by atoms with van der Waals surface area (Å²) in [6, 6.07) is 5.92. The van der Waals surface area contributed by atoms with Gasteiger partial charge in [-0.1, -0.05) is 6.92 Å². The molecule has 0 N–H and O–H groups in total. The summed E-state index contributed by atoms with van der Waals surface area (Å²) in [4.78, 5) is 15.2. The summed E-state index contributed by atoms with van der Waals surface area (Å²) < 4.78 is 0. The number of rotatable bonds is 3. The van der Waals surface area contributed by atoms with Crippen LogP contribution in [-0.4, -0.2) is 42.5 Å². The molecule has 1 saturated heterocycles. The van der Waals surface area contributed by atoms with Crippen LogP contribution in [0.4, 0.5) is 11.4 Å². The maximum atomic E-state index is 10.9. The van der Waals surface area contributed by atoms with Crippen LogP contribution < -0.4 is 4.90 Å². The van der Waals surface area contributed by atoms with Crippen molar-refractivity contribution in [2.24, 2.45) is 0 Å². The van der Waals surface area contributed by atoms with Gasteiger partial charge in [-0.2, -0.15) is 0 Å². The van der Waals surface area contributed by atoms with Crippen LogP contribution in [0.3, 0.4) is 0 Å². The Hall–Kier alpha value is -1.62. The minimum atomic E-state index is -0.319. The van der Waals surface area contributed by atoms with Crippen LogP contribution in [0.5, 0.6) is 0 Å². The second-order valence-electron chi connectivity index (χ2n) is 5.25. The summed E-state index contributed by atoms with van der Waals surface area (Å²) >= 11 is 0. The van der Waals surface area contributed by atoms with Gasteiger partial charge in [0.05, 0.1) is 4.92 Å². The van der Waals surface area contributed by atoms with Crippen molar-refractivity contribution in [2.45, 2.75) is 26.3 Å². The monoisotopic (exact) mass is 263 g/mol. The van der Waals surface area contributed by atoms with Gasteiger partial charge in [-0.3, -0.25) is 10.1 Å². The lowest BCUT2D eigenvalue weighted by atomic mass is 10.1. The quantitative estimate of drug-likeness (QED) is 0.621. The summed E-state index contributed by atoms with van der Waals surface area (Å²) in [5, 5.41) is 10.9. The number of hydrogen-bond donors (Lipinski definition) is 0. The molecule has 5 nitrogen and oxygen atoms in total. The van der Waals surface area contributed by atoms with Crippen LogP contribution in [-0.2, 0) is 0 Å². The molecular weight excluding hydrogens is 242 g/mol. The SMILES string of the molecule is CCC1CN(C)CCN1c1ccc([N+](=O)[O-])c(C)c1. The normalized spacial score (nSPS) is 20.6. The van der Waals surface area contributed by atoms with E-state index in [2.05, 4.69) is 23.8 Å². The number of piperazine rings is 1. The number of aryl methyl sites for hydroxylation is 1. The lowest BCUT2D eigenvalue weighted by Crippen LogP contribution is -2.51. The minimum absolute atomic E-state index is 0.200. The minimum Gasteiger partial charge on any atom is -0.366 e. The van der Waals surface area contributed by atoms with E-state index in [1.165, 1.54) is 0 Å². The molecular formula is C14H21N3O2. The smallest absolute Gasteiger partial charge is 0.272 e. The van der Waals surface area contributed by atoms with Gasteiger partial charge < -0.3 is 9.80 Å². The fraction of sp³-hybridized carbons (Fsp3) is 0.571. The number of hydrogen-bond acceptors (Lipinski definition) is 4. The van der Waals surface area contributed by atoms with Gasteiger partial charge in [0, 0.05) is 43.0 Å². The number of benzene rings is 1. The molecule has 1 aromatic rings. The second-order valence-corrected chi connectivity index (χ2v) is 5.25. The van der Waals surface area contributed by atoms with Gasteiger partial charge in [-0.05, 0) is 32.5 Å². The average Bonchev–Trinajstić information content (AvgIpc) is 2.37. The molecule has 1 atom stereocenters. The summed E-state index contributed by atoms with van der Waals surface area (Å²) in [5.41, 5.74) is 2.03. The second kappa shape index (κ2) is 5.57. The highest BCUT2D eigenvalue weighted by Gasteiger charge is 2.24. The van der Waals surface area contributed by atoms with E-state index in [1.807, 2.05) is 12.1 Å². The Morgan fingerprint density at radius 2 is 2.16 bits per heavy atom. The third-order valence-electron chi connectivity index (χ3n) is 3.87. The molecule has 1 fully saturated rings. The van der Waals surface area contributed by atoms with E-state index < -0.39 is 0 Å². The van der Waals surface area contributed by atoms with Crippen LogP contribution in [0, 0.1) is 17.0 Å². The number of anilines is 1. The first-order chi connectivity index (χ1) is 9.02. The molecule has 1 aliphatic rings. The topological polar surface area (TPSA) is 49.6 Å². The van der Waals surface area contributed by atoms with Gasteiger partial charge in [0.15, 0.2) is 0 Å². The Kier molecular flexibility index (Phi) is 4.04. The van der Waals surface area contributed by atoms with Crippen molar-refractivity contribution < 1.29 is 4.92 Å². The third kappa shape index (κ3) is 2.87. The van der Waals surface area contributed by atoms with Gasteiger partial charge in [0.2, 0.25) is 0 Å². The summed E-state index contributed by atoms with van der Waals surface area (Å²) in [5.74, 6) is 0. The van der Waals surface area contributed by atoms with Crippen molar-refractivity contribution in [3.05, 3.63) is 33.9 Å². The summed E-state index contributed by atoms with van der Waals surface area (Å²) in [6.07, 6.45) is 1.08. The Bertz CT molecular complexity index is 476. The first-order valence-corrected chi connectivity index (χ1v) is 6.73. The molecule has 2 rings (SSSR count). The molecule has 0 aliphatic carbocycles. The molecule has 1 aliphatic heterocycles. The van der Waals surface area contributed by atoms with E-state index in [-0.39, 0.29) is 10.6 Å². The first kappa shape index (κ1) is 13.8. The lowest BCUT2D eigenvalue weighted by Gasteiger charge is -2.41. The predicted molar refractivity (Wildman–Crippen MR) is 76.8 cm³/mol. The molecule has 104 valence electrons. The van der Waals surface area contributed by atoms with E-state index in [0.29, 0.717) is 6.04 Å². The lowest BCUT2D eigenvalue weighted by molar-refractivity contribution is -0.385. The fourth-order valence-electron chi connectivity index (χ4n) is 2.72. The van der Waals surface area contributed by atoms with E-state index in [4.69, 9.17) is 0 Å². The molecule has 0 spiro atoms. The Morgan fingerprint density at radius 3 is 2.74 bits per heavy atom. The fourth-order valence-corrected chi connectivity index (χ4v) is 2.72. The van der Waals surface area contributed by atoms with Gasteiger partial charge in [0.1, 0.15) is 0 Å². The zero-order valence-corrected chi connectivity index (χ0v) is 11.8. The van der Waals surface area contributed by atoms with Gasteiger partial charge in [-0.25, -0.2) is 0 Å². The Labute approximate surface area is 114 Å². The maximum Gasteiger partial charge on any atom is 0.272 e. The zero-order valence-electron chi connectivity index (χ0n) is 11.8. The molecule has 0 aromatic heterocycles. The van der Waals surface area contributed by atoms with E-state index in [0.717, 1.165) is 37.3 Å². The number of nitro benzene ring substituents is 1. The molecule has 0 saturated carbocycles. The standard InChI is InChI=1S/C14H21N3O2/c1-4-12-10-15(3)7-8-16(12)13-5-6-14(17(18)19)11(2)9-13/h5-6,9,12H,4,7-8,10H2,1-3H3. The van der Waals surface area contributed by atoms with Crippen LogP contribution in [0.15, 0.2) is 18.2 Å². The molecule has 1 heterocycles. The highest BCUT2D eigenvalue weighted by atomic mass is 16.6. The molecule has 5 heteroatoms. The molecule has 19 heavy (non-hydrogen) atoms. The van der Waals surface area contributed by atoms with Crippen molar-refractivity contribution in [3.63, 3.8) is 0 Å². The molecule has 0 radical (unpaired) electrons. The van der Waals surface area contributed by atoms with Crippen LogP contribution in [0.2, 0.25) is 0 Å². The van der Waals surface area contributed by atoms with E-state index in [1.54, 1.807) is 13.0 Å². The van der Waals surface area contributed by atoms with Gasteiger partial charge in [0.25, 0.3) is 5.69 Å². The largest absolute Gasteiger partial charge is 0.366 e. The van der Waals surface area contributed by atoms with Crippen LogP contribution in [0.25, 0.3) is 0 Å². The molecule has 0 bridgehead atoms. The number of nitro groups is 1. The molecule has 1 aromatic carbocycles.